The van der Waals surface area contributed by atoms with Gasteiger partial charge in [0.05, 0.1) is 0 Å². The number of benzene rings is 2. The van der Waals surface area contributed by atoms with Crippen LogP contribution in [0.4, 0.5) is 0 Å². The smallest absolute Gasteiger partial charge is 0.251 e. The summed E-state index contributed by atoms with van der Waals surface area (Å²) in [5, 5.41) is 2.98. The Morgan fingerprint density at radius 1 is 1.18 bits per heavy atom. The molecule has 4 rings (SSSR count). The fourth-order valence-corrected chi connectivity index (χ4v) is 2.46. The van der Waals surface area contributed by atoms with Gasteiger partial charge in [0.1, 0.15) is 5.52 Å². The molecule has 22 heavy (non-hydrogen) atoms. The minimum Gasteiger partial charge on any atom is -0.440 e. The monoisotopic (exact) mass is 292 g/mol. The van der Waals surface area contributed by atoms with Crippen LogP contribution in [0.1, 0.15) is 34.7 Å². The summed E-state index contributed by atoms with van der Waals surface area (Å²) >= 11 is 0. The van der Waals surface area contributed by atoms with Crippen molar-refractivity contribution in [3.63, 3.8) is 0 Å². The van der Waals surface area contributed by atoms with Crippen molar-refractivity contribution in [3.8, 4) is 0 Å². The molecular formula is C18H16N2O2. The lowest BCUT2D eigenvalue weighted by atomic mass is 10.1. The second kappa shape index (κ2) is 5.30. The molecule has 1 aliphatic carbocycles. The molecule has 0 aliphatic heterocycles. The molecule has 1 N–H and O–H groups in total. The number of carbonyl (C=O) groups excluding carboxylic acids is 1. The van der Waals surface area contributed by atoms with Crippen molar-refractivity contribution in [2.45, 2.75) is 25.3 Å². The first-order valence-electron chi connectivity index (χ1n) is 7.52. The van der Waals surface area contributed by atoms with Crippen LogP contribution in [0.3, 0.4) is 0 Å². The highest BCUT2D eigenvalue weighted by atomic mass is 16.3. The molecule has 0 atom stereocenters. The maximum absolute atomic E-state index is 12.1. The van der Waals surface area contributed by atoms with Crippen LogP contribution in [0.25, 0.3) is 11.1 Å². The number of hydrogen-bond acceptors (Lipinski definition) is 3. The Kier molecular flexibility index (Phi) is 3.15. The van der Waals surface area contributed by atoms with Crippen LogP contribution in [0.2, 0.25) is 0 Å². The Labute approximate surface area is 128 Å². The van der Waals surface area contributed by atoms with Crippen LogP contribution < -0.4 is 5.32 Å². The second-order valence-electron chi connectivity index (χ2n) is 5.70. The van der Waals surface area contributed by atoms with Gasteiger partial charge in [-0.1, -0.05) is 30.3 Å². The highest BCUT2D eigenvalue weighted by Crippen LogP contribution is 2.22. The Morgan fingerprint density at radius 3 is 2.77 bits per heavy atom. The van der Waals surface area contributed by atoms with E-state index in [2.05, 4.69) is 10.3 Å². The van der Waals surface area contributed by atoms with E-state index in [9.17, 15) is 4.79 Å². The fourth-order valence-electron chi connectivity index (χ4n) is 2.46. The standard InChI is InChI=1S/C18H16N2O2/c21-18(19-14-7-8-14)13-6-9-15-16(11-13)22-17(20-15)10-12-4-2-1-3-5-12/h1-6,9,11,14H,7-8,10H2,(H,19,21). The maximum atomic E-state index is 12.1. The molecule has 3 aromatic rings. The third-order valence-electron chi connectivity index (χ3n) is 3.81. The summed E-state index contributed by atoms with van der Waals surface area (Å²) in [6, 6.07) is 15.8. The van der Waals surface area contributed by atoms with E-state index in [-0.39, 0.29) is 5.91 Å². The van der Waals surface area contributed by atoms with E-state index >= 15 is 0 Å². The SMILES string of the molecule is O=C(NC1CC1)c1ccc2nc(Cc3ccccc3)oc2c1. The Balaban J connectivity index is 1.59. The summed E-state index contributed by atoms with van der Waals surface area (Å²) in [6.07, 6.45) is 2.81. The van der Waals surface area contributed by atoms with Gasteiger partial charge in [-0.2, -0.15) is 0 Å². The van der Waals surface area contributed by atoms with Crippen molar-refractivity contribution in [2.24, 2.45) is 0 Å². The Bertz CT molecular complexity index is 819. The molecule has 1 aromatic heterocycles. The van der Waals surface area contributed by atoms with E-state index in [4.69, 9.17) is 4.42 Å². The molecule has 1 aliphatic rings. The van der Waals surface area contributed by atoms with Gasteiger partial charge in [-0.3, -0.25) is 4.79 Å². The largest absolute Gasteiger partial charge is 0.440 e. The second-order valence-corrected chi connectivity index (χ2v) is 5.70. The van der Waals surface area contributed by atoms with Crippen LogP contribution >= 0.6 is 0 Å². The number of nitrogens with one attached hydrogen (secondary N) is 1. The van der Waals surface area contributed by atoms with Gasteiger partial charge >= 0.3 is 0 Å². The lowest BCUT2D eigenvalue weighted by Gasteiger charge is -2.02. The van der Waals surface area contributed by atoms with E-state index in [0.29, 0.717) is 29.5 Å². The quantitative estimate of drug-likeness (QED) is 0.802. The third-order valence-corrected chi connectivity index (χ3v) is 3.81. The summed E-state index contributed by atoms with van der Waals surface area (Å²) in [6.45, 7) is 0. The number of amides is 1. The molecule has 0 bridgehead atoms. The van der Waals surface area contributed by atoms with E-state index in [1.807, 2.05) is 36.4 Å². The van der Waals surface area contributed by atoms with Gasteiger partial charge in [-0.25, -0.2) is 4.98 Å². The first-order chi connectivity index (χ1) is 10.8. The Hall–Kier alpha value is -2.62. The molecule has 0 unspecified atom stereocenters. The summed E-state index contributed by atoms with van der Waals surface area (Å²) in [5.41, 5.74) is 3.23. The number of carbonyl (C=O) groups is 1. The van der Waals surface area contributed by atoms with E-state index < -0.39 is 0 Å². The van der Waals surface area contributed by atoms with Crippen molar-refractivity contribution in [1.82, 2.24) is 10.3 Å². The molecule has 4 nitrogen and oxygen atoms in total. The predicted molar refractivity (Wildman–Crippen MR) is 83.7 cm³/mol. The zero-order valence-corrected chi connectivity index (χ0v) is 12.1. The third kappa shape index (κ3) is 2.72. The molecule has 4 heteroatoms. The van der Waals surface area contributed by atoms with Gasteiger partial charge in [0.2, 0.25) is 0 Å². The van der Waals surface area contributed by atoms with Crippen molar-refractivity contribution in [2.75, 3.05) is 0 Å². The van der Waals surface area contributed by atoms with E-state index in [1.165, 1.54) is 0 Å². The molecule has 0 spiro atoms. The molecule has 1 saturated carbocycles. The zero-order chi connectivity index (χ0) is 14.9. The number of fused-ring (bicyclic) bond motifs is 1. The minimum atomic E-state index is -0.0367. The average Bonchev–Trinajstić information content (AvgIpc) is 3.25. The zero-order valence-electron chi connectivity index (χ0n) is 12.1. The van der Waals surface area contributed by atoms with Crippen LogP contribution in [-0.4, -0.2) is 16.9 Å². The van der Waals surface area contributed by atoms with E-state index in [1.54, 1.807) is 12.1 Å². The van der Waals surface area contributed by atoms with Crippen LogP contribution in [0, 0.1) is 0 Å². The first kappa shape index (κ1) is 13.1. The average molecular weight is 292 g/mol. The van der Waals surface area contributed by atoms with E-state index in [0.717, 1.165) is 23.9 Å². The predicted octanol–water partition coefficient (Wildman–Crippen LogP) is 3.31. The lowest BCUT2D eigenvalue weighted by molar-refractivity contribution is 0.0951. The van der Waals surface area contributed by atoms with Crippen molar-refractivity contribution >= 4 is 17.0 Å². The molecule has 1 amide bonds. The summed E-state index contributed by atoms with van der Waals surface area (Å²) in [5.74, 6) is 0.631. The van der Waals surface area contributed by atoms with Gasteiger partial charge in [0.15, 0.2) is 11.5 Å². The van der Waals surface area contributed by atoms with Crippen molar-refractivity contribution < 1.29 is 9.21 Å². The van der Waals surface area contributed by atoms with Crippen molar-refractivity contribution in [1.29, 1.82) is 0 Å². The Morgan fingerprint density at radius 2 is 2.00 bits per heavy atom. The summed E-state index contributed by atoms with van der Waals surface area (Å²) < 4.78 is 5.79. The molecule has 2 aromatic carbocycles. The topological polar surface area (TPSA) is 55.1 Å². The normalized spacial score (nSPS) is 14.2. The van der Waals surface area contributed by atoms with Gasteiger partial charge in [0.25, 0.3) is 5.91 Å². The molecule has 1 heterocycles. The van der Waals surface area contributed by atoms with Gasteiger partial charge in [-0.05, 0) is 36.6 Å². The van der Waals surface area contributed by atoms with Gasteiger partial charge in [-0.15, -0.1) is 0 Å². The molecule has 1 fully saturated rings. The first-order valence-corrected chi connectivity index (χ1v) is 7.52. The molecular weight excluding hydrogens is 276 g/mol. The van der Waals surface area contributed by atoms with Crippen LogP contribution in [0.5, 0.6) is 0 Å². The minimum absolute atomic E-state index is 0.0367. The van der Waals surface area contributed by atoms with Gasteiger partial charge < -0.3 is 9.73 Å². The summed E-state index contributed by atoms with van der Waals surface area (Å²) in [7, 11) is 0. The summed E-state index contributed by atoms with van der Waals surface area (Å²) in [4.78, 5) is 16.5. The number of rotatable bonds is 4. The van der Waals surface area contributed by atoms with Crippen molar-refractivity contribution in [3.05, 3.63) is 65.5 Å². The highest BCUT2D eigenvalue weighted by Gasteiger charge is 2.24. The highest BCUT2D eigenvalue weighted by molar-refractivity contribution is 5.97. The van der Waals surface area contributed by atoms with Crippen LogP contribution in [0.15, 0.2) is 52.9 Å². The number of aromatic nitrogens is 1. The number of hydrogen-bond donors (Lipinski definition) is 1. The molecule has 0 radical (unpaired) electrons. The molecule has 0 saturated heterocycles. The fraction of sp³-hybridized carbons (Fsp3) is 0.222. The maximum Gasteiger partial charge on any atom is 0.251 e. The molecule has 110 valence electrons. The van der Waals surface area contributed by atoms with Gasteiger partial charge in [0, 0.05) is 18.0 Å². The number of nitrogens with zero attached hydrogens (tertiary/aromatic N) is 1. The number of oxazole rings is 1. The van der Waals surface area contributed by atoms with Crippen LogP contribution in [-0.2, 0) is 6.42 Å². The lowest BCUT2D eigenvalue weighted by Crippen LogP contribution is -2.25.